The quantitative estimate of drug-likeness (QED) is 0.835. The standard InChI is InChI=1S/C17H18Cl2N2O2/c1-12-3-6-14(7-4-12)23-10-9-21(2)17(22)20-16-8-5-13(18)11-15(16)19/h3-8,11H,9-10H2,1-2H3,(H,20,22). The van der Waals surface area contributed by atoms with Gasteiger partial charge >= 0.3 is 6.03 Å². The third-order valence-corrected chi connectivity index (χ3v) is 3.78. The Bertz CT molecular complexity index is 675. The van der Waals surface area contributed by atoms with Crippen molar-refractivity contribution in [2.24, 2.45) is 0 Å². The number of likely N-dealkylation sites (N-methyl/N-ethyl adjacent to an activating group) is 1. The normalized spacial score (nSPS) is 10.3. The number of benzene rings is 2. The summed E-state index contributed by atoms with van der Waals surface area (Å²) in [5.74, 6) is 0.783. The summed E-state index contributed by atoms with van der Waals surface area (Å²) in [5.41, 5.74) is 1.70. The van der Waals surface area contributed by atoms with Crippen LogP contribution in [0.1, 0.15) is 5.56 Å². The number of ether oxygens (including phenoxy) is 1. The molecule has 0 spiro atoms. The maximum absolute atomic E-state index is 12.1. The number of urea groups is 1. The lowest BCUT2D eigenvalue weighted by atomic mass is 10.2. The molecule has 0 aliphatic carbocycles. The van der Waals surface area contributed by atoms with Crippen LogP contribution < -0.4 is 10.1 Å². The van der Waals surface area contributed by atoms with Crippen LogP contribution in [0.3, 0.4) is 0 Å². The molecule has 0 heterocycles. The number of carbonyl (C=O) groups excluding carboxylic acids is 1. The van der Waals surface area contributed by atoms with Gasteiger partial charge in [-0.2, -0.15) is 0 Å². The Balaban J connectivity index is 1.81. The number of halogens is 2. The molecule has 0 fully saturated rings. The first-order valence-electron chi connectivity index (χ1n) is 7.12. The van der Waals surface area contributed by atoms with Crippen molar-refractivity contribution in [3.8, 4) is 5.75 Å². The van der Waals surface area contributed by atoms with Crippen LogP contribution >= 0.6 is 23.2 Å². The molecule has 0 radical (unpaired) electrons. The van der Waals surface area contributed by atoms with E-state index in [1.807, 2.05) is 31.2 Å². The number of amides is 2. The van der Waals surface area contributed by atoms with Crippen molar-refractivity contribution in [2.45, 2.75) is 6.92 Å². The van der Waals surface area contributed by atoms with Crippen LogP contribution in [0.4, 0.5) is 10.5 Å². The fourth-order valence-electron chi connectivity index (χ4n) is 1.84. The van der Waals surface area contributed by atoms with E-state index in [2.05, 4.69) is 5.32 Å². The number of hydrogen-bond acceptors (Lipinski definition) is 2. The van der Waals surface area contributed by atoms with Gasteiger partial charge in [-0.3, -0.25) is 0 Å². The maximum atomic E-state index is 12.1. The Morgan fingerprint density at radius 2 is 1.87 bits per heavy atom. The van der Waals surface area contributed by atoms with Gasteiger partial charge in [-0.15, -0.1) is 0 Å². The van der Waals surface area contributed by atoms with Crippen molar-refractivity contribution in [1.82, 2.24) is 4.90 Å². The van der Waals surface area contributed by atoms with Gasteiger partial charge < -0.3 is 15.0 Å². The van der Waals surface area contributed by atoms with Crippen LogP contribution in [0.15, 0.2) is 42.5 Å². The average Bonchev–Trinajstić information content (AvgIpc) is 2.51. The summed E-state index contributed by atoms with van der Waals surface area (Å²) in [6, 6.07) is 12.4. The number of aryl methyl sites for hydroxylation is 1. The smallest absolute Gasteiger partial charge is 0.321 e. The second kappa shape index (κ2) is 8.09. The minimum atomic E-state index is -0.262. The predicted molar refractivity (Wildman–Crippen MR) is 94.8 cm³/mol. The highest BCUT2D eigenvalue weighted by molar-refractivity contribution is 6.36. The molecule has 0 aromatic heterocycles. The first kappa shape index (κ1) is 17.4. The van der Waals surface area contributed by atoms with Gasteiger partial charge in [0.15, 0.2) is 0 Å². The SMILES string of the molecule is Cc1ccc(OCCN(C)C(=O)Nc2ccc(Cl)cc2Cl)cc1. The van der Waals surface area contributed by atoms with E-state index in [1.54, 1.807) is 25.2 Å². The van der Waals surface area contributed by atoms with E-state index in [9.17, 15) is 4.79 Å². The first-order valence-corrected chi connectivity index (χ1v) is 7.88. The van der Waals surface area contributed by atoms with Gasteiger partial charge in [-0.1, -0.05) is 40.9 Å². The molecule has 0 bridgehead atoms. The van der Waals surface area contributed by atoms with Gasteiger partial charge in [-0.25, -0.2) is 4.79 Å². The third-order valence-electron chi connectivity index (χ3n) is 3.24. The van der Waals surface area contributed by atoms with Crippen LogP contribution in [-0.2, 0) is 0 Å². The maximum Gasteiger partial charge on any atom is 0.321 e. The average molecular weight is 353 g/mol. The highest BCUT2D eigenvalue weighted by Gasteiger charge is 2.11. The van der Waals surface area contributed by atoms with Crippen LogP contribution in [0.5, 0.6) is 5.75 Å². The number of nitrogens with zero attached hydrogens (tertiary/aromatic N) is 1. The zero-order valence-electron chi connectivity index (χ0n) is 13.0. The molecule has 23 heavy (non-hydrogen) atoms. The molecular formula is C17H18Cl2N2O2. The number of anilines is 1. The second-order valence-corrected chi connectivity index (χ2v) is 5.98. The van der Waals surface area contributed by atoms with Crippen molar-refractivity contribution in [3.63, 3.8) is 0 Å². The van der Waals surface area contributed by atoms with Gasteiger partial charge in [-0.05, 0) is 37.3 Å². The molecule has 0 aliphatic rings. The van der Waals surface area contributed by atoms with E-state index in [0.717, 1.165) is 5.75 Å². The summed E-state index contributed by atoms with van der Waals surface area (Å²) in [6.07, 6.45) is 0. The van der Waals surface area contributed by atoms with Gasteiger partial charge in [0.1, 0.15) is 12.4 Å². The lowest BCUT2D eigenvalue weighted by Gasteiger charge is -2.18. The van der Waals surface area contributed by atoms with Crippen LogP contribution in [0, 0.1) is 6.92 Å². The molecule has 2 rings (SSSR count). The molecule has 4 nitrogen and oxygen atoms in total. The first-order chi connectivity index (χ1) is 11.0. The molecule has 0 saturated carbocycles. The van der Waals surface area contributed by atoms with Crippen molar-refractivity contribution in [1.29, 1.82) is 0 Å². The van der Waals surface area contributed by atoms with E-state index < -0.39 is 0 Å². The van der Waals surface area contributed by atoms with Gasteiger partial charge in [0.2, 0.25) is 0 Å². The highest BCUT2D eigenvalue weighted by Crippen LogP contribution is 2.25. The van der Waals surface area contributed by atoms with E-state index in [0.29, 0.717) is 28.9 Å². The minimum absolute atomic E-state index is 0.262. The summed E-state index contributed by atoms with van der Waals surface area (Å²) in [6.45, 7) is 2.87. The fraction of sp³-hybridized carbons (Fsp3) is 0.235. The molecule has 6 heteroatoms. The molecule has 2 amide bonds. The number of nitrogens with one attached hydrogen (secondary N) is 1. The van der Waals surface area contributed by atoms with Crippen LogP contribution in [-0.4, -0.2) is 31.1 Å². The Labute approximate surface area is 146 Å². The predicted octanol–water partition coefficient (Wildman–Crippen LogP) is 4.84. The van der Waals surface area contributed by atoms with Crippen LogP contribution in [0.2, 0.25) is 10.0 Å². The molecule has 0 unspecified atom stereocenters. The van der Waals surface area contributed by atoms with E-state index in [-0.39, 0.29) is 6.03 Å². The van der Waals surface area contributed by atoms with Gasteiger partial charge in [0.25, 0.3) is 0 Å². The van der Waals surface area contributed by atoms with Crippen molar-refractivity contribution in [2.75, 3.05) is 25.5 Å². The summed E-state index contributed by atoms with van der Waals surface area (Å²) in [4.78, 5) is 13.6. The van der Waals surface area contributed by atoms with E-state index >= 15 is 0 Å². The van der Waals surface area contributed by atoms with Crippen molar-refractivity contribution >= 4 is 34.9 Å². The van der Waals surface area contributed by atoms with Gasteiger partial charge in [0.05, 0.1) is 17.3 Å². The molecule has 0 aliphatic heterocycles. The minimum Gasteiger partial charge on any atom is -0.492 e. The summed E-state index contributed by atoms with van der Waals surface area (Å²) >= 11 is 11.9. The molecule has 2 aromatic carbocycles. The molecule has 0 atom stereocenters. The molecule has 2 aromatic rings. The van der Waals surface area contributed by atoms with Crippen LogP contribution in [0.25, 0.3) is 0 Å². The Hall–Kier alpha value is -1.91. The van der Waals surface area contributed by atoms with E-state index in [1.165, 1.54) is 10.5 Å². The second-order valence-electron chi connectivity index (χ2n) is 5.14. The zero-order valence-corrected chi connectivity index (χ0v) is 14.5. The zero-order chi connectivity index (χ0) is 16.8. The third kappa shape index (κ3) is 5.34. The molecule has 0 saturated heterocycles. The number of rotatable bonds is 5. The summed E-state index contributed by atoms with van der Waals surface area (Å²) in [7, 11) is 1.69. The number of hydrogen-bond donors (Lipinski definition) is 1. The highest BCUT2D eigenvalue weighted by atomic mass is 35.5. The Morgan fingerprint density at radius 1 is 1.17 bits per heavy atom. The van der Waals surface area contributed by atoms with Crippen molar-refractivity contribution in [3.05, 3.63) is 58.1 Å². The summed E-state index contributed by atoms with van der Waals surface area (Å²) < 4.78 is 5.61. The fourth-order valence-corrected chi connectivity index (χ4v) is 2.29. The molecule has 122 valence electrons. The molecular weight excluding hydrogens is 335 g/mol. The monoisotopic (exact) mass is 352 g/mol. The summed E-state index contributed by atoms with van der Waals surface area (Å²) in [5, 5.41) is 3.65. The van der Waals surface area contributed by atoms with Crippen molar-refractivity contribution < 1.29 is 9.53 Å². The Kier molecular flexibility index (Phi) is 6.13. The largest absolute Gasteiger partial charge is 0.492 e. The topological polar surface area (TPSA) is 41.6 Å². The number of carbonyl (C=O) groups is 1. The molecule has 1 N–H and O–H groups in total. The van der Waals surface area contributed by atoms with Gasteiger partial charge in [0, 0.05) is 12.1 Å². The Morgan fingerprint density at radius 3 is 2.52 bits per heavy atom. The lowest BCUT2D eigenvalue weighted by Crippen LogP contribution is -2.34. The lowest BCUT2D eigenvalue weighted by molar-refractivity contribution is 0.207. The van der Waals surface area contributed by atoms with E-state index in [4.69, 9.17) is 27.9 Å².